The highest BCUT2D eigenvalue weighted by atomic mass is 19.1. The normalized spacial score (nSPS) is 12.4. The number of hydrogen-bond donors (Lipinski definition) is 1. The van der Waals surface area contributed by atoms with Gasteiger partial charge < -0.3 is 5.73 Å². The van der Waals surface area contributed by atoms with E-state index in [1.54, 1.807) is 4.68 Å². The molecule has 1 unspecified atom stereocenters. The lowest BCUT2D eigenvalue weighted by molar-refractivity contribution is 0.575. The molecule has 0 bridgehead atoms. The summed E-state index contributed by atoms with van der Waals surface area (Å²) < 4.78 is 28.7. The van der Waals surface area contributed by atoms with Crippen molar-refractivity contribution in [2.45, 2.75) is 12.5 Å². The van der Waals surface area contributed by atoms with Crippen LogP contribution in [0.5, 0.6) is 0 Å². The minimum atomic E-state index is -0.628. The summed E-state index contributed by atoms with van der Waals surface area (Å²) in [6, 6.07) is 14.2. The van der Waals surface area contributed by atoms with E-state index in [9.17, 15) is 8.78 Å². The Bertz CT molecular complexity index is 1110. The summed E-state index contributed by atoms with van der Waals surface area (Å²) in [7, 11) is 1.86. The first-order valence-electron chi connectivity index (χ1n) is 8.50. The van der Waals surface area contributed by atoms with Crippen LogP contribution in [0.1, 0.15) is 17.3 Å². The van der Waals surface area contributed by atoms with E-state index in [1.807, 2.05) is 44.2 Å². The fraction of sp³-hybridized carbons (Fsp3) is 0.105. The first-order valence-corrected chi connectivity index (χ1v) is 8.50. The molecule has 8 heteroatoms. The van der Waals surface area contributed by atoms with Crippen LogP contribution in [0.15, 0.2) is 54.6 Å². The maximum Gasteiger partial charge on any atom is 0.163 e. The lowest BCUT2D eigenvalue weighted by atomic mass is 9.98. The van der Waals surface area contributed by atoms with E-state index in [-0.39, 0.29) is 6.42 Å². The number of nitrogens with two attached hydrogens (primary N) is 1. The van der Waals surface area contributed by atoms with E-state index in [2.05, 4.69) is 15.3 Å². The van der Waals surface area contributed by atoms with E-state index in [4.69, 9.17) is 5.73 Å². The maximum atomic E-state index is 13.5. The highest BCUT2D eigenvalue weighted by Crippen LogP contribution is 2.23. The molecule has 0 amide bonds. The Hall–Kier alpha value is -3.13. The Morgan fingerprint density at radius 3 is 2.56 bits per heavy atom. The molecule has 27 heavy (non-hydrogen) atoms. The standard InChI is InChI=1S/C19H16BF2N5/c20-18-6-5-17(27-16-4-2-1-3-15(16)25-26-27)19(24-18)14(23)9-11-7-12(21)10-13(22)8-11/h1-8,10,14H,9,20,23H2. The largest absolute Gasteiger partial charge is 0.322 e. The summed E-state index contributed by atoms with van der Waals surface area (Å²) in [5, 5.41) is 8.39. The summed E-state index contributed by atoms with van der Waals surface area (Å²) in [6.07, 6.45) is 0.241. The van der Waals surface area contributed by atoms with Crippen molar-refractivity contribution in [3.63, 3.8) is 0 Å². The van der Waals surface area contributed by atoms with Gasteiger partial charge in [0.25, 0.3) is 0 Å². The molecular formula is C19H16BF2N5. The van der Waals surface area contributed by atoms with Gasteiger partial charge in [-0.15, -0.1) is 5.10 Å². The molecule has 0 aliphatic heterocycles. The second kappa shape index (κ2) is 6.88. The van der Waals surface area contributed by atoms with Crippen LogP contribution in [0.25, 0.3) is 16.7 Å². The number of nitrogens with zero attached hydrogens (tertiary/aromatic N) is 4. The fourth-order valence-corrected chi connectivity index (χ4v) is 3.15. The predicted molar refractivity (Wildman–Crippen MR) is 102 cm³/mol. The number of rotatable bonds is 4. The second-order valence-electron chi connectivity index (χ2n) is 6.44. The minimum Gasteiger partial charge on any atom is -0.322 e. The van der Waals surface area contributed by atoms with Crippen LogP contribution in [-0.4, -0.2) is 27.8 Å². The summed E-state index contributed by atoms with van der Waals surface area (Å²) in [4.78, 5) is 4.58. The van der Waals surface area contributed by atoms with Gasteiger partial charge in [-0.1, -0.05) is 17.3 Å². The third kappa shape index (κ3) is 3.43. The molecule has 0 fully saturated rings. The molecule has 2 aromatic carbocycles. The summed E-state index contributed by atoms with van der Waals surface area (Å²) >= 11 is 0. The lowest BCUT2D eigenvalue weighted by Crippen LogP contribution is -2.23. The second-order valence-corrected chi connectivity index (χ2v) is 6.44. The molecule has 5 nitrogen and oxygen atoms in total. The molecule has 134 valence electrons. The summed E-state index contributed by atoms with van der Waals surface area (Å²) in [6.45, 7) is 0. The van der Waals surface area contributed by atoms with Crippen molar-refractivity contribution in [2.75, 3.05) is 0 Å². The van der Waals surface area contributed by atoms with Crippen LogP contribution >= 0.6 is 0 Å². The molecule has 4 rings (SSSR count). The number of pyridine rings is 1. The van der Waals surface area contributed by atoms with Crippen molar-refractivity contribution in [1.29, 1.82) is 0 Å². The Labute approximate surface area is 155 Å². The zero-order valence-electron chi connectivity index (χ0n) is 14.6. The van der Waals surface area contributed by atoms with Crippen LogP contribution in [0.3, 0.4) is 0 Å². The number of para-hydroxylation sites is 1. The molecule has 0 spiro atoms. The van der Waals surface area contributed by atoms with Gasteiger partial charge in [-0.2, -0.15) is 0 Å². The van der Waals surface area contributed by atoms with Crippen LogP contribution in [0.4, 0.5) is 8.78 Å². The minimum absolute atomic E-state index is 0.241. The molecule has 2 heterocycles. The van der Waals surface area contributed by atoms with Crippen LogP contribution < -0.4 is 11.3 Å². The van der Waals surface area contributed by atoms with Crippen molar-refractivity contribution in [2.24, 2.45) is 5.73 Å². The van der Waals surface area contributed by atoms with Crippen molar-refractivity contribution >= 4 is 24.5 Å². The van der Waals surface area contributed by atoms with Gasteiger partial charge in [-0.05, 0) is 54.0 Å². The van der Waals surface area contributed by atoms with Gasteiger partial charge in [0.1, 0.15) is 17.2 Å². The monoisotopic (exact) mass is 363 g/mol. The number of halogens is 2. The molecule has 0 aliphatic carbocycles. The SMILES string of the molecule is Bc1ccc(-n2nnc3ccccc32)c(C(N)Cc2cc(F)cc(F)c2)n1. The van der Waals surface area contributed by atoms with Crippen molar-refractivity contribution in [3.8, 4) is 5.69 Å². The van der Waals surface area contributed by atoms with Crippen LogP contribution in [0, 0.1) is 11.6 Å². The quantitative estimate of drug-likeness (QED) is 0.559. The summed E-state index contributed by atoms with van der Waals surface area (Å²) in [5.41, 5.74) is 10.5. The number of hydrogen-bond acceptors (Lipinski definition) is 4. The van der Waals surface area contributed by atoms with Gasteiger partial charge in [0.05, 0.1) is 22.9 Å². The smallest absolute Gasteiger partial charge is 0.163 e. The van der Waals surface area contributed by atoms with Gasteiger partial charge >= 0.3 is 0 Å². The number of fused-ring (bicyclic) bond motifs is 1. The topological polar surface area (TPSA) is 69.6 Å². The average Bonchev–Trinajstić information content (AvgIpc) is 3.05. The van der Waals surface area contributed by atoms with Gasteiger partial charge in [0.2, 0.25) is 0 Å². The molecule has 4 aromatic rings. The molecule has 0 radical (unpaired) electrons. The zero-order chi connectivity index (χ0) is 19.0. The first kappa shape index (κ1) is 17.3. The molecule has 0 aliphatic rings. The third-order valence-electron chi connectivity index (χ3n) is 4.35. The van der Waals surface area contributed by atoms with Crippen molar-refractivity contribution < 1.29 is 8.78 Å². The van der Waals surface area contributed by atoms with Crippen LogP contribution in [-0.2, 0) is 6.42 Å². The van der Waals surface area contributed by atoms with E-state index < -0.39 is 17.7 Å². The molecule has 1 atom stereocenters. The first-order chi connectivity index (χ1) is 13.0. The Morgan fingerprint density at radius 1 is 1.04 bits per heavy atom. The number of benzene rings is 2. The highest BCUT2D eigenvalue weighted by molar-refractivity contribution is 6.30. The lowest BCUT2D eigenvalue weighted by Gasteiger charge is -2.17. The van der Waals surface area contributed by atoms with E-state index in [1.165, 1.54) is 12.1 Å². The van der Waals surface area contributed by atoms with Gasteiger partial charge in [0, 0.05) is 6.07 Å². The van der Waals surface area contributed by atoms with Crippen LogP contribution in [0.2, 0.25) is 0 Å². The Balaban J connectivity index is 1.77. The van der Waals surface area contributed by atoms with Gasteiger partial charge in [-0.3, -0.25) is 4.98 Å². The Morgan fingerprint density at radius 2 is 1.78 bits per heavy atom. The molecule has 0 saturated heterocycles. The van der Waals surface area contributed by atoms with Gasteiger partial charge in [-0.25, -0.2) is 13.5 Å². The summed E-state index contributed by atoms with van der Waals surface area (Å²) in [5.74, 6) is -1.26. The van der Waals surface area contributed by atoms with Gasteiger partial charge in [0.15, 0.2) is 7.85 Å². The molecular weight excluding hydrogens is 347 g/mol. The van der Waals surface area contributed by atoms with Crippen molar-refractivity contribution in [1.82, 2.24) is 20.0 Å². The van der Waals surface area contributed by atoms with E-state index >= 15 is 0 Å². The third-order valence-corrected chi connectivity index (χ3v) is 4.35. The molecule has 2 aromatic heterocycles. The predicted octanol–water partition coefficient (Wildman–Crippen LogP) is 1.59. The van der Waals surface area contributed by atoms with E-state index in [0.29, 0.717) is 16.9 Å². The zero-order valence-corrected chi connectivity index (χ0v) is 14.6. The number of aromatic nitrogens is 4. The average molecular weight is 363 g/mol. The fourth-order valence-electron chi connectivity index (χ4n) is 3.15. The highest BCUT2D eigenvalue weighted by Gasteiger charge is 2.18. The Kier molecular flexibility index (Phi) is 4.41. The molecule has 0 saturated carbocycles. The maximum absolute atomic E-state index is 13.5. The van der Waals surface area contributed by atoms with Crippen molar-refractivity contribution in [3.05, 3.63) is 77.5 Å². The van der Waals surface area contributed by atoms with E-state index in [0.717, 1.165) is 22.7 Å². The molecule has 2 N–H and O–H groups in total.